The maximum atomic E-state index is 11.7. The summed E-state index contributed by atoms with van der Waals surface area (Å²) in [6.07, 6.45) is 4.51. The van der Waals surface area contributed by atoms with E-state index >= 15 is 0 Å². The van der Waals surface area contributed by atoms with E-state index in [1.54, 1.807) is 30.5 Å². The van der Waals surface area contributed by atoms with E-state index in [0.717, 1.165) is 0 Å². The summed E-state index contributed by atoms with van der Waals surface area (Å²) in [7, 11) is 0. The normalized spacial score (nSPS) is 10.5. The van der Waals surface area contributed by atoms with Gasteiger partial charge in [0.2, 0.25) is 0 Å². The summed E-state index contributed by atoms with van der Waals surface area (Å²) in [5.74, 6) is 0.0941. The van der Waals surface area contributed by atoms with Crippen LogP contribution in [0.5, 0.6) is 11.5 Å². The molecule has 0 aliphatic rings. The van der Waals surface area contributed by atoms with Gasteiger partial charge in [-0.1, -0.05) is 0 Å². The third-order valence-electron chi connectivity index (χ3n) is 2.59. The maximum absolute atomic E-state index is 11.7. The Morgan fingerprint density at radius 2 is 2.33 bits per heavy atom. The first-order valence-corrected chi connectivity index (χ1v) is 6.40. The van der Waals surface area contributed by atoms with Gasteiger partial charge in [0.05, 0.1) is 18.4 Å². The topological polar surface area (TPSA) is 83.8 Å². The number of carbonyl (C=O) groups excluding carboxylic acids is 1. The lowest BCUT2D eigenvalue weighted by atomic mass is 10.2. The van der Waals surface area contributed by atoms with Gasteiger partial charge in [0.1, 0.15) is 0 Å². The Labute approximate surface area is 122 Å². The van der Waals surface area contributed by atoms with E-state index in [2.05, 4.69) is 15.5 Å². The molecular formula is C15H15N3O3. The van der Waals surface area contributed by atoms with Crippen LogP contribution < -0.4 is 10.2 Å². The smallest absolute Gasteiger partial charge is 0.272 e. The van der Waals surface area contributed by atoms with Crippen molar-refractivity contribution in [3.05, 3.63) is 53.9 Å². The highest BCUT2D eigenvalue weighted by molar-refractivity contribution is 5.94. The number of aromatic hydroxyl groups is 1. The summed E-state index contributed by atoms with van der Waals surface area (Å²) in [4.78, 5) is 15.6. The summed E-state index contributed by atoms with van der Waals surface area (Å²) in [5, 5.41) is 13.4. The van der Waals surface area contributed by atoms with Crippen molar-refractivity contribution in [2.24, 2.45) is 5.10 Å². The van der Waals surface area contributed by atoms with Gasteiger partial charge in [-0.2, -0.15) is 5.10 Å². The van der Waals surface area contributed by atoms with Crippen LogP contribution in [-0.2, 0) is 0 Å². The predicted molar refractivity (Wildman–Crippen MR) is 78.6 cm³/mol. The largest absolute Gasteiger partial charge is 0.504 e. The standard InChI is InChI=1S/C15H15N3O3/c1-2-21-14-8-11(5-6-13(14)19)9-17-18-15(20)12-4-3-7-16-10-12/h3-10,19H,2H2,1H3,(H,18,20). The number of amides is 1. The van der Waals surface area contributed by atoms with E-state index in [-0.39, 0.29) is 11.7 Å². The van der Waals surface area contributed by atoms with E-state index in [9.17, 15) is 9.90 Å². The number of nitrogens with zero attached hydrogens (tertiary/aromatic N) is 2. The number of carbonyl (C=O) groups is 1. The molecule has 0 saturated carbocycles. The second kappa shape index (κ2) is 7.04. The molecule has 0 spiro atoms. The van der Waals surface area contributed by atoms with Gasteiger partial charge in [0, 0.05) is 12.4 Å². The van der Waals surface area contributed by atoms with Crippen LogP contribution >= 0.6 is 0 Å². The van der Waals surface area contributed by atoms with Crippen molar-refractivity contribution >= 4 is 12.1 Å². The van der Waals surface area contributed by atoms with Gasteiger partial charge in [0.25, 0.3) is 5.91 Å². The van der Waals surface area contributed by atoms with Crippen molar-refractivity contribution in [1.29, 1.82) is 0 Å². The number of aromatic nitrogens is 1. The minimum Gasteiger partial charge on any atom is -0.504 e. The molecule has 21 heavy (non-hydrogen) atoms. The van der Waals surface area contributed by atoms with Crippen LogP contribution in [0.4, 0.5) is 0 Å². The highest BCUT2D eigenvalue weighted by atomic mass is 16.5. The molecular weight excluding hydrogens is 270 g/mol. The van der Waals surface area contributed by atoms with Gasteiger partial charge < -0.3 is 9.84 Å². The van der Waals surface area contributed by atoms with E-state index in [4.69, 9.17) is 4.74 Å². The minimum atomic E-state index is -0.344. The van der Waals surface area contributed by atoms with Crippen LogP contribution in [0.15, 0.2) is 47.8 Å². The molecule has 0 radical (unpaired) electrons. The number of hydrogen-bond acceptors (Lipinski definition) is 5. The first-order valence-electron chi connectivity index (χ1n) is 6.40. The fourth-order valence-corrected chi connectivity index (χ4v) is 1.61. The Kier molecular flexibility index (Phi) is 4.87. The second-order valence-corrected chi connectivity index (χ2v) is 4.10. The number of rotatable bonds is 5. The maximum Gasteiger partial charge on any atom is 0.272 e. The zero-order chi connectivity index (χ0) is 15.1. The van der Waals surface area contributed by atoms with Crippen molar-refractivity contribution in [2.75, 3.05) is 6.61 Å². The molecule has 1 amide bonds. The third kappa shape index (κ3) is 4.04. The molecule has 2 aromatic rings. The van der Waals surface area contributed by atoms with Crippen LogP contribution in [0.1, 0.15) is 22.8 Å². The monoisotopic (exact) mass is 285 g/mol. The number of benzene rings is 1. The molecule has 0 aliphatic heterocycles. The van der Waals surface area contributed by atoms with Gasteiger partial charge in [-0.25, -0.2) is 5.43 Å². The van der Waals surface area contributed by atoms with Crippen molar-refractivity contribution in [1.82, 2.24) is 10.4 Å². The zero-order valence-electron chi connectivity index (χ0n) is 11.5. The number of pyridine rings is 1. The average molecular weight is 285 g/mol. The van der Waals surface area contributed by atoms with Gasteiger partial charge >= 0.3 is 0 Å². The molecule has 0 unspecified atom stereocenters. The Bertz CT molecular complexity index is 642. The molecule has 0 saturated heterocycles. The number of hydrogen-bond donors (Lipinski definition) is 2. The highest BCUT2D eigenvalue weighted by Gasteiger charge is 2.04. The van der Waals surface area contributed by atoms with Crippen molar-refractivity contribution in [2.45, 2.75) is 6.92 Å². The molecule has 0 aliphatic carbocycles. The third-order valence-corrected chi connectivity index (χ3v) is 2.59. The molecule has 6 nitrogen and oxygen atoms in total. The highest BCUT2D eigenvalue weighted by Crippen LogP contribution is 2.26. The van der Waals surface area contributed by atoms with Crippen LogP contribution in [0.25, 0.3) is 0 Å². The fourth-order valence-electron chi connectivity index (χ4n) is 1.61. The molecule has 1 heterocycles. The van der Waals surface area contributed by atoms with Gasteiger partial charge in [-0.3, -0.25) is 9.78 Å². The SMILES string of the molecule is CCOc1cc(C=NNC(=O)c2cccnc2)ccc1O. The van der Waals surface area contributed by atoms with Crippen molar-refractivity contribution in [3.63, 3.8) is 0 Å². The fraction of sp³-hybridized carbons (Fsp3) is 0.133. The van der Waals surface area contributed by atoms with Crippen LogP contribution in [-0.4, -0.2) is 28.8 Å². The van der Waals surface area contributed by atoms with Crippen LogP contribution in [0, 0.1) is 0 Å². The molecule has 0 bridgehead atoms. The second-order valence-electron chi connectivity index (χ2n) is 4.10. The summed E-state index contributed by atoms with van der Waals surface area (Å²) in [6.45, 7) is 2.28. The Morgan fingerprint density at radius 3 is 3.05 bits per heavy atom. The Balaban J connectivity index is 2.01. The molecule has 108 valence electrons. The lowest BCUT2D eigenvalue weighted by Gasteiger charge is -2.06. The van der Waals surface area contributed by atoms with Crippen molar-refractivity contribution in [3.8, 4) is 11.5 Å². The van der Waals surface area contributed by atoms with E-state index in [1.165, 1.54) is 18.5 Å². The van der Waals surface area contributed by atoms with Crippen LogP contribution in [0.3, 0.4) is 0 Å². The summed E-state index contributed by atoms with van der Waals surface area (Å²) >= 11 is 0. The van der Waals surface area contributed by atoms with E-state index < -0.39 is 0 Å². The number of nitrogens with one attached hydrogen (secondary N) is 1. The number of phenols is 1. The van der Waals surface area contributed by atoms with Gasteiger partial charge in [0.15, 0.2) is 11.5 Å². The quantitative estimate of drug-likeness (QED) is 0.649. The summed E-state index contributed by atoms with van der Waals surface area (Å²) in [5.41, 5.74) is 3.52. The lowest BCUT2D eigenvalue weighted by Crippen LogP contribution is -2.17. The summed E-state index contributed by atoms with van der Waals surface area (Å²) < 4.78 is 5.27. The molecule has 1 aromatic carbocycles. The average Bonchev–Trinajstić information content (AvgIpc) is 2.51. The van der Waals surface area contributed by atoms with Crippen LogP contribution in [0.2, 0.25) is 0 Å². The molecule has 6 heteroatoms. The molecule has 2 rings (SSSR count). The molecule has 0 atom stereocenters. The van der Waals surface area contributed by atoms with Gasteiger partial charge in [-0.05, 0) is 42.8 Å². The lowest BCUT2D eigenvalue weighted by molar-refractivity contribution is 0.0955. The zero-order valence-corrected chi connectivity index (χ0v) is 11.5. The molecule has 0 fully saturated rings. The van der Waals surface area contributed by atoms with E-state index in [0.29, 0.717) is 23.5 Å². The Hall–Kier alpha value is -2.89. The number of ether oxygens (including phenoxy) is 1. The first kappa shape index (κ1) is 14.5. The Morgan fingerprint density at radius 1 is 1.48 bits per heavy atom. The van der Waals surface area contributed by atoms with Gasteiger partial charge in [-0.15, -0.1) is 0 Å². The molecule has 2 N–H and O–H groups in total. The van der Waals surface area contributed by atoms with E-state index in [1.807, 2.05) is 6.92 Å². The number of hydrazone groups is 1. The predicted octanol–water partition coefficient (Wildman–Crippen LogP) is 1.95. The minimum absolute atomic E-state index is 0.0633. The molecule has 1 aromatic heterocycles. The summed E-state index contributed by atoms with van der Waals surface area (Å²) in [6, 6.07) is 8.13. The van der Waals surface area contributed by atoms with Crippen molar-refractivity contribution < 1.29 is 14.6 Å². The first-order chi connectivity index (χ1) is 10.2. The number of phenolic OH excluding ortho intramolecular Hbond substituents is 1.